The number of ether oxygens (including phenoxy) is 1. The van der Waals surface area contributed by atoms with Gasteiger partial charge in [-0.3, -0.25) is 14.4 Å². The summed E-state index contributed by atoms with van der Waals surface area (Å²) in [7, 11) is 0. The number of alkyl halides is 5. The predicted molar refractivity (Wildman–Crippen MR) is 174 cm³/mol. The lowest BCUT2D eigenvalue weighted by Crippen LogP contribution is -2.70. The Morgan fingerprint density at radius 3 is 2.37 bits per heavy atom. The van der Waals surface area contributed by atoms with Crippen LogP contribution in [0.1, 0.15) is 65.6 Å². The van der Waals surface area contributed by atoms with Crippen molar-refractivity contribution in [2.75, 3.05) is 5.75 Å². The number of carbonyl (C=O) groups excluding carboxylic acids is 4. The van der Waals surface area contributed by atoms with Crippen molar-refractivity contribution in [3.8, 4) is 0 Å². The summed E-state index contributed by atoms with van der Waals surface area (Å²) in [5.74, 6) is -5.33. The zero-order valence-electron chi connectivity index (χ0n) is 26.5. The molecule has 14 heteroatoms. The number of fused-ring (bicyclic) bond motifs is 5. The number of esters is 1. The Bertz CT molecular complexity index is 1790. The Balaban J connectivity index is 1.38. The van der Waals surface area contributed by atoms with Gasteiger partial charge >= 0.3 is 12.1 Å². The fraction of sp³-hybridized carbons (Fsp3) is 0.486. The van der Waals surface area contributed by atoms with E-state index in [1.165, 1.54) is 25.1 Å². The second kappa shape index (κ2) is 12.1. The molecule has 0 saturated heterocycles. The molecule has 1 aromatic heterocycles. The van der Waals surface area contributed by atoms with Crippen LogP contribution in [0.15, 0.2) is 60.2 Å². The van der Waals surface area contributed by atoms with Crippen LogP contribution in [0.4, 0.5) is 22.0 Å². The van der Waals surface area contributed by atoms with Crippen molar-refractivity contribution in [1.29, 1.82) is 0 Å². The minimum absolute atomic E-state index is 0.0619. The molecule has 0 bridgehead atoms. The van der Waals surface area contributed by atoms with Crippen LogP contribution in [0.5, 0.6) is 0 Å². The van der Waals surface area contributed by atoms with E-state index >= 15 is 8.78 Å². The molecule has 3 fully saturated rings. The van der Waals surface area contributed by atoms with Crippen molar-refractivity contribution < 1.29 is 51.0 Å². The number of hydrogen-bond acceptors (Lipinski definition) is 8. The van der Waals surface area contributed by atoms with Crippen molar-refractivity contribution in [3.63, 3.8) is 0 Å². The van der Waals surface area contributed by atoms with Gasteiger partial charge in [0.15, 0.2) is 22.8 Å². The van der Waals surface area contributed by atoms with Crippen LogP contribution in [0.3, 0.4) is 0 Å². The van der Waals surface area contributed by atoms with E-state index in [2.05, 4.69) is 0 Å². The number of allylic oxidation sites excluding steroid dienone is 4. The monoisotopic (exact) mass is 742 g/mol. The van der Waals surface area contributed by atoms with Gasteiger partial charge in [0.1, 0.15) is 11.0 Å². The van der Waals surface area contributed by atoms with Crippen LogP contribution in [0, 0.1) is 28.6 Å². The Hall–Kier alpha value is -2.87. The van der Waals surface area contributed by atoms with Gasteiger partial charge < -0.3 is 9.84 Å². The van der Waals surface area contributed by atoms with Gasteiger partial charge in [0, 0.05) is 28.2 Å². The first-order valence-electron chi connectivity index (χ1n) is 15.6. The topological polar surface area (TPSA) is 97.7 Å². The smallest absolute Gasteiger partial charge is 0.416 e. The van der Waals surface area contributed by atoms with Crippen molar-refractivity contribution in [3.05, 3.63) is 80.5 Å². The summed E-state index contributed by atoms with van der Waals surface area (Å²) in [6.07, 6.45) is -5.26. The maximum absolute atomic E-state index is 17.7. The Morgan fingerprint density at radius 2 is 1.76 bits per heavy atom. The molecule has 1 N–H and O–H groups in total. The molecule has 0 unspecified atom stereocenters. The molecule has 0 amide bonds. The maximum Gasteiger partial charge on any atom is 0.416 e. The fourth-order valence-electron chi connectivity index (χ4n) is 9.01. The third kappa shape index (κ3) is 5.36. The minimum Gasteiger partial charge on any atom is -0.445 e. The van der Waals surface area contributed by atoms with Crippen LogP contribution in [-0.2, 0) is 20.5 Å². The number of benzene rings is 1. The summed E-state index contributed by atoms with van der Waals surface area (Å²) in [5.41, 5.74) is -8.70. The highest BCUT2D eigenvalue weighted by molar-refractivity contribution is 8.14. The van der Waals surface area contributed by atoms with Crippen molar-refractivity contribution >= 4 is 57.4 Å². The average Bonchev–Trinajstić information content (AvgIpc) is 3.57. The Kier molecular flexibility index (Phi) is 8.89. The van der Waals surface area contributed by atoms with Crippen molar-refractivity contribution in [2.45, 2.75) is 69.8 Å². The van der Waals surface area contributed by atoms with Gasteiger partial charge in [-0.05, 0) is 74.1 Å². The van der Waals surface area contributed by atoms with Gasteiger partial charge in [0.2, 0.25) is 5.12 Å². The van der Waals surface area contributed by atoms with E-state index in [0.29, 0.717) is 11.8 Å². The molecule has 6 nitrogen and oxygen atoms in total. The number of aliphatic hydroxyl groups excluding tert-OH is 1. The number of rotatable bonds is 6. The molecule has 1 heterocycles. The summed E-state index contributed by atoms with van der Waals surface area (Å²) in [5, 5.41) is 11.0. The quantitative estimate of drug-likeness (QED) is 0.182. The van der Waals surface area contributed by atoms with E-state index in [0.717, 1.165) is 47.8 Å². The molecule has 2 aromatic rings. The number of thiophene rings is 1. The molecule has 49 heavy (non-hydrogen) atoms. The van der Waals surface area contributed by atoms with E-state index < -0.39 is 92.3 Å². The van der Waals surface area contributed by atoms with E-state index in [1.807, 2.05) is 0 Å². The zero-order chi connectivity index (χ0) is 35.9. The van der Waals surface area contributed by atoms with Gasteiger partial charge in [-0.25, -0.2) is 13.6 Å². The van der Waals surface area contributed by atoms with Crippen LogP contribution >= 0.6 is 34.7 Å². The molecule has 3 saturated carbocycles. The second-order valence-corrected chi connectivity index (χ2v) is 16.5. The average molecular weight is 743 g/mol. The highest BCUT2D eigenvalue weighted by Gasteiger charge is 2.78. The number of aliphatic hydroxyl groups is 1. The number of halogens is 6. The molecule has 1 aromatic carbocycles. The lowest BCUT2D eigenvalue weighted by molar-refractivity contribution is -0.221. The van der Waals surface area contributed by atoms with Gasteiger partial charge in [-0.15, -0.1) is 11.3 Å². The lowest BCUT2D eigenvalue weighted by Gasteiger charge is -2.63. The standard InChI is InChI=1S/C35H32ClF5O6S2/c1-17-12-21-22-14-24(37)23-13-20(42)10-11-31(23,2)33(22,38)27(44)15-32(21,3)34(17,47-29(45)26-8-9-28(36)49-26)30(46)48-16-25(43)18-4-6-19(7-5-18)35(39,40)41/h4-11,13,17,21-22,24,27,44H,12,14-16H2,1-3H3/t17-,21+,22+,24+,27+,31+,32+,33+,34+/m1/s1. The molecule has 4 aliphatic carbocycles. The molecule has 0 spiro atoms. The van der Waals surface area contributed by atoms with Gasteiger partial charge in [-0.1, -0.05) is 55.4 Å². The molecule has 9 atom stereocenters. The third-order valence-corrected chi connectivity index (χ3v) is 13.6. The number of hydrogen-bond donors (Lipinski definition) is 1. The molecular formula is C35H32ClF5O6S2. The summed E-state index contributed by atoms with van der Waals surface area (Å²) < 4.78 is 79.3. The minimum atomic E-state index is -4.61. The lowest BCUT2D eigenvalue weighted by atomic mass is 9.44. The van der Waals surface area contributed by atoms with E-state index in [9.17, 15) is 37.5 Å². The summed E-state index contributed by atoms with van der Waals surface area (Å²) >= 11 is 7.49. The summed E-state index contributed by atoms with van der Waals surface area (Å²) in [6, 6.07) is 6.41. The van der Waals surface area contributed by atoms with E-state index in [-0.39, 0.29) is 39.6 Å². The SMILES string of the molecule is C[C@@H]1C[C@H]2[C@@H]3C[C@H](F)C4=CC(=O)C=C[C@]4(C)[C@@]3(F)[C@@H](O)C[C@]2(C)[C@@]1(OC(=O)c1ccc(Cl)s1)C(=O)SCC(=O)c1ccc(C(F)(F)F)cc1. The molecule has 0 aliphatic heterocycles. The first kappa shape index (κ1) is 35.9. The first-order chi connectivity index (χ1) is 22.8. The van der Waals surface area contributed by atoms with E-state index in [1.54, 1.807) is 13.8 Å². The van der Waals surface area contributed by atoms with Crippen molar-refractivity contribution in [2.24, 2.45) is 28.6 Å². The van der Waals surface area contributed by atoms with Crippen LogP contribution in [0.2, 0.25) is 4.34 Å². The molecule has 6 rings (SSSR count). The van der Waals surface area contributed by atoms with E-state index in [4.69, 9.17) is 16.3 Å². The highest BCUT2D eigenvalue weighted by Crippen LogP contribution is 2.72. The van der Waals surface area contributed by atoms with Crippen LogP contribution in [-0.4, -0.2) is 57.1 Å². The maximum atomic E-state index is 17.7. The summed E-state index contributed by atoms with van der Waals surface area (Å²) in [4.78, 5) is 53.5. The molecular weight excluding hydrogens is 711 g/mol. The molecule has 4 aliphatic rings. The second-order valence-electron chi connectivity index (χ2n) is 13.8. The highest BCUT2D eigenvalue weighted by atomic mass is 35.5. The van der Waals surface area contributed by atoms with Gasteiger partial charge in [-0.2, -0.15) is 13.2 Å². The Labute approximate surface area is 292 Å². The van der Waals surface area contributed by atoms with Crippen LogP contribution < -0.4 is 0 Å². The fourth-order valence-corrected chi connectivity index (χ4v) is 11.0. The largest absolute Gasteiger partial charge is 0.445 e. The first-order valence-corrected chi connectivity index (χ1v) is 17.8. The van der Waals surface area contributed by atoms with Gasteiger partial charge in [0.05, 0.1) is 21.8 Å². The molecule has 0 radical (unpaired) electrons. The van der Waals surface area contributed by atoms with Crippen molar-refractivity contribution in [1.82, 2.24) is 0 Å². The number of thioether (sulfide) groups is 1. The van der Waals surface area contributed by atoms with Gasteiger partial charge in [0.25, 0.3) is 0 Å². The predicted octanol–water partition coefficient (Wildman–Crippen LogP) is 8.02. The van der Waals surface area contributed by atoms with Crippen LogP contribution in [0.25, 0.3) is 0 Å². The summed E-state index contributed by atoms with van der Waals surface area (Å²) in [6.45, 7) is 4.70. The number of carbonyl (C=O) groups is 4. The third-order valence-electron chi connectivity index (χ3n) is 11.4. The zero-order valence-corrected chi connectivity index (χ0v) is 28.9. The Morgan fingerprint density at radius 1 is 1.08 bits per heavy atom. The molecule has 262 valence electrons. The number of ketones is 2. The number of Topliss-reactive ketones (excluding diaryl/α,β-unsaturated/α-hetero) is 1. The normalized spacial score (nSPS) is 36.7.